The number of hydrogen-bond donors (Lipinski definition) is 0. The molecule has 0 aliphatic carbocycles. The third kappa shape index (κ3) is 4.78. The first-order chi connectivity index (χ1) is 12.0. The molecule has 1 aromatic heterocycles. The van der Waals surface area contributed by atoms with Crippen molar-refractivity contribution >= 4 is 21.6 Å². The molecule has 2 aromatic rings. The van der Waals surface area contributed by atoms with Crippen LogP contribution in [-0.4, -0.2) is 29.6 Å². The minimum Gasteiger partial charge on any atom is -0.484 e. The fourth-order valence-electron chi connectivity index (χ4n) is 2.64. The van der Waals surface area contributed by atoms with Crippen molar-refractivity contribution < 1.29 is 17.9 Å². The fraction of sp³-hybridized carbons (Fsp3) is 0.412. The largest absolute Gasteiger partial charge is 0.484 e. The molecule has 0 amide bonds. The highest BCUT2D eigenvalue weighted by molar-refractivity contribution is 9.10. The molecule has 26 heavy (non-hydrogen) atoms. The van der Waals surface area contributed by atoms with Gasteiger partial charge in [-0.15, -0.1) is 0 Å². The molecule has 0 saturated heterocycles. The van der Waals surface area contributed by atoms with Gasteiger partial charge >= 0.3 is 6.18 Å². The van der Waals surface area contributed by atoms with Gasteiger partial charge in [0.05, 0.1) is 11.9 Å². The highest BCUT2D eigenvalue weighted by atomic mass is 79.9. The zero-order valence-electron chi connectivity index (χ0n) is 14.8. The number of ether oxygens (including phenoxy) is 1. The van der Waals surface area contributed by atoms with Crippen LogP contribution in [-0.2, 0) is 13.6 Å². The Balaban J connectivity index is 2.23. The average molecular weight is 434 g/mol. The van der Waals surface area contributed by atoms with Crippen LogP contribution in [0.3, 0.4) is 0 Å². The molecule has 0 aliphatic rings. The first-order valence-electron chi connectivity index (χ1n) is 7.72. The number of rotatable bonds is 5. The molecule has 2 rings (SSSR count). The van der Waals surface area contributed by atoms with Crippen molar-refractivity contribution in [1.82, 2.24) is 9.78 Å². The van der Waals surface area contributed by atoms with E-state index >= 15 is 0 Å². The lowest BCUT2D eigenvalue weighted by Gasteiger charge is -2.22. The first-order valence-corrected chi connectivity index (χ1v) is 8.51. The summed E-state index contributed by atoms with van der Waals surface area (Å²) in [5, 5.41) is 4.00. The summed E-state index contributed by atoms with van der Waals surface area (Å²) in [4.78, 5) is 13.8. The van der Waals surface area contributed by atoms with Gasteiger partial charge in [-0.2, -0.15) is 18.3 Å². The molecule has 0 radical (unpaired) electrons. The molecule has 142 valence electrons. The molecule has 0 atom stereocenters. The van der Waals surface area contributed by atoms with Crippen molar-refractivity contribution in [1.29, 1.82) is 0 Å². The van der Waals surface area contributed by atoms with E-state index in [1.54, 1.807) is 46.3 Å². The van der Waals surface area contributed by atoms with Crippen molar-refractivity contribution in [2.24, 2.45) is 7.05 Å². The highest BCUT2D eigenvalue weighted by Gasteiger charge is 2.29. The number of anilines is 1. The Morgan fingerprint density at radius 3 is 2.38 bits per heavy atom. The average Bonchev–Trinajstić information content (AvgIpc) is 2.50. The van der Waals surface area contributed by atoms with Crippen molar-refractivity contribution in [3.05, 3.63) is 49.8 Å². The van der Waals surface area contributed by atoms with Crippen LogP contribution in [0.5, 0.6) is 5.75 Å². The van der Waals surface area contributed by atoms with Crippen LogP contribution in [0, 0.1) is 13.8 Å². The Hall–Kier alpha value is -2.03. The SMILES string of the molecule is Cc1cc(CN(C)c2cnn(C)c(=O)c2Br)cc(C)c1OCC(F)(F)F. The van der Waals surface area contributed by atoms with Crippen molar-refractivity contribution in [2.45, 2.75) is 26.6 Å². The Kier molecular flexibility index (Phi) is 6.00. The summed E-state index contributed by atoms with van der Waals surface area (Å²) >= 11 is 3.28. The lowest BCUT2D eigenvalue weighted by Crippen LogP contribution is -2.25. The van der Waals surface area contributed by atoms with Gasteiger partial charge in [0.2, 0.25) is 0 Å². The molecule has 0 aliphatic heterocycles. The number of aryl methyl sites for hydroxylation is 3. The lowest BCUT2D eigenvalue weighted by molar-refractivity contribution is -0.153. The zero-order valence-corrected chi connectivity index (χ0v) is 16.4. The second-order valence-electron chi connectivity index (χ2n) is 6.09. The second-order valence-corrected chi connectivity index (χ2v) is 6.88. The van der Waals surface area contributed by atoms with Crippen LogP contribution >= 0.6 is 15.9 Å². The molecule has 0 spiro atoms. The summed E-state index contributed by atoms with van der Waals surface area (Å²) in [6.45, 7) is 2.55. The van der Waals surface area contributed by atoms with E-state index in [1.165, 1.54) is 4.68 Å². The van der Waals surface area contributed by atoms with Crippen LogP contribution in [0.25, 0.3) is 0 Å². The van der Waals surface area contributed by atoms with Crippen molar-refractivity contribution in [3.8, 4) is 5.75 Å². The van der Waals surface area contributed by atoms with Crippen LogP contribution in [0.2, 0.25) is 0 Å². The van der Waals surface area contributed by atoms with E-state index in [1.807, 2.05) is 4.90 Å². The maximum atomic E-state index is 12.4. The fourth-order valence-corrected chi connectivity index (χ4v) is 3.30. The van der Waals surface area contributed by atoms with Crippen LogP contribution in [0.1, 0.15) is 16.7 Å². The maximum Gasteiger partial charge on any atom is 0.422 e. The molecule has 1 heterocycles. The summed E-state index contributed by atoms with van der Waals surface area (Å²) in [6, 6.07) is 3.55. The monoisotopic (exact) mass is 433 g/mol. The molecule has 1 aromatic carbocycles. The molecular formula is C17H19BrF3N3O2. The predicted octanol–water partition coefficient (Wildman–Crippen LogP) is 3.74. The number of halogens is 4. The minimum atomic E-state index is -4.38. The first kappa shape index (κ1) is 20.3. The van der Waals surface area contributed by atoms with Crippen molar-refractivity contribution in [2.75, 3.05) is 18.6 Å². The van der Waals surface area contributed by atoms with E-state index in [0.717, 1.165) is 5.56 Å². The number of aromatic nitrogens is 2. The van der Waals surface area contributed by atoms with Gasteiger partial charge in [0.25, 0.3) is 5.56 Å². The topological polar surface area (TPSA) is 47.4 Å². The van der Waals surface area contributed by atoms with Gasteiger partial charge in [-0.1, -0.05) is 12.1 Å². The third-order valence-corrected chi connectivity index (χ3v) is 4.54. The normalized spacial score (nSPS) is 11.5. The number of benzene rings is 1. The molecular weight excluding hydrogens is 415 g/mol. The third-order valence-electron chi connectivity index (χ3n) is 3.79. The Morgan fingerprint density at radius 1 is 1.27 bits per heavy atom. The highest BCUT2D eigenvalue weighted by Crippen LogP contribution is 2.29. The van der Waals surface area contributed by atoms with E-state index in [4.69, 9.17) is 4.74 Å². The smallest absolute Gasteiger partial charge is 0.422 e. The van der Waals surface area contributed by atoms with E-state index in [9.17, 15) is 18.0 Å². The summed E-state index contributed by atoms with van der Waals surface area (Å²) in [5.74, 6) is 0.241. The van der Waals surface area contributed by atoms with Crippen molar-refractivity contribution in [3.63, 3.8) is 0 Å². The standard InChI is InChI=1S/C17H19BrF3N3O2/c1-10-5-12(6-11(2)15(10)26-9-17(19,20)21)8-23(3)13-7-22-24(4)16(25)14(13)18/h5-7H,8-9H2,1-4H3. The van der Waals surface area contributed by atoms with Crippen LogP contribution in [0.15, 0.2) is 27.6 Å². The Bertz CT molecular complexity index is 842. The molecule has 0 fully saturated rings. The molecule has 0 bridgehead atoms. The quantitative estimate of drug-likeness (QED) is 0.720. The maximum absolute atomic E-state index is 12.4. The molecule has 0 N–H and O–H groups in total. The Morgan fingerprint density at radius 2 is 1.85 bits per heavy atom. The Labute approximate surface area is 157 Å². The van der Waals surface area contributed by atoms with Gasteiger partial charge in [0, 0.05) is 20.6 Å². The lowest BCUT2D eigenvalue weighted by atomic mass is 10.1. The summed E-state index contributed by atoms with van der Waals surface area (Å²) < 4.78 is 43.7. The molecule has 5 nitrogen and oxygen atoms in total. The van der Waals surface area contributed by atoms with Gasteiger partial charge in [-0.3, -0.25) is 4.79 Å². The second kappa shape index (κ2) is 7.69. The van der Waals surface area contributed by atoms with Gasteiger partial charge in [-0.05, 0) is 46.5 Å². The summed E-state index contributed by atoms with van der Waals surface area (Å²) in [7, 11) is 3.36. The number of nitrogens with zero attached hydrogens (tertiary/aromatic N) is 3. The predicted molar refractivity (Wildman–Crippen MR) is 96.8 cm³/mol. The van der Waals surface area contributed by atoms with E-state index < -0.39 is 12.8 Å². The van der Waals surface area contributed by atoms with E-state index in [-0.39, 0.29) is 11.3 Å². The summed E-state index contributed by atoms with van der Waals surface area (Å²) in [5.41, 5.74) is 2.51. The number of alkyl halides is 3. The van der Waals surface area contributed by atoms with Gasteiger partial charge in [0.1, 0.15) is 10.2 Å². The molecule has 0 saturated carbocycles. The molecule has 0 unspecified atom stereocenters. The zero-order chi connectivity index (χ0) is 19.6. The van der Waals surface area contributed by atoms with Gasteiger partial charge in [-0.25, -0.2) is 4.68 Å². The van der Waals surface area contributed by atoms with Gasteiger partial charge in [0.15, 0.2) is 6.61 Å². The van der Waals surface area contributed by atoms with E-state index in [2.05, 4.69) is 21.0 Å². The van der Waals surface area contributed by atoms with Crippen LogP contribution in [0.4, 0.5) is 18.9 Å². The van der Waals surface area contributed by atoms with E-state index in [0.29, 0.717) is 27.8 Å². The minimum absolute atomic E-state index is 0.241. The van der Waals surface area contributed by atoms with Crippen LogP contribution < -0.4 is 15.2 Å². The van der Waals surface area contributed by atoms with Gasteiger partial charge < -0.3 is 9.64 Å². The molecule has 9 heteroatoms. The number of hydrogen-bond acceptors (Lipinski definition) is 4. The summed E-state index contributed by atoms with van der Waals surface area (Å²) in [6.07, 6.45) is -2.80.